The van der Waals surface area contributed by atoms with E-state index in [4.69, 9.17) is 0 Å². The lowest BCUT2D eigenvalue weighted by Gasteiger charge is -2.17. The molecule has 2 amide bonds. The van der Waals surface area contributed by atoms with Gasteiger partial charge in [-0.25, -0.2) is 0 Å². The van der Waals surface area contributed by atoms with Gasteiger partial charge >= 0.3 is 0 Å². The third-order valence-corrected chi connectivity index (χ3v) is 3.68. The van der Waals surface area contributed by atoms with Crippen molar-refractivity contribution in [1.29, 1.82) is 0 Å². The smallest absolute Gasteiger partial charge is 0.257 e. The summed E-state index contributed by atoms with van der Waals surface area (Å²) in [5.41, 5.74) is 0.663. The number of carbonyl (C=O) groups excluding carboxylic acids is 2. The number of nitrogens with zero attached hydrogens (tertiary/aromatic N) is 1. The van der Waals surface area contributed by atoms with E-state index in [0.717, 1.165) is 18.6 Å². The van der Waals surface area contributed by atoms with Crippen LogP contribution in [0.5, 0.6) is 0 Å². The molecule has 3 nitrogen and oxygen atoms in total. The van der Waals surface area contributed by atoms with E-state index in [-0.39, 0.29) is 23.7 Å². The molecule has 0 spiro atoms. The normalized spacial score (nSPS) is 27.4. The zero-order chi connectivity index (χ0) is 12.4. The fourth-order valence-corrected chi connectivity index (χ4v) is 2.64. The lowest BCUT2D eigenvalue weighted by Crippen LogP contribution is -2.32. The zero-order valence-corrected chi connectivity index (χ0v) is 10.8. The molecule has 1 heterocycles. The second-order valence-electron chi connectivity index (χ2n) is 4.57. The Hall–Kier alpha value is -1.03. The second kappa shape index (κ2) is 5.08. The van der Waals surface area contributed by atoms with E-state index in [9.17, 15) is 9.59 Å². The third-order valence-electron chi connectivity index (χ3n) is 3.37. The van der Waals surface area contributed by atoms with E-state index in [0.29, 0.717) is 12.1 Å². The molecule has 0 aromatic carbocycles. The Morgan fingerprint density at radius 1 is 1.35 bits per heavy atom. The summed E-state index contributed by atoms with van der Waals surface area (Å²) in [5, 5.41) is 0. The van der Waals surface area contributed by atoms with Crippen LogP contribution in [0.4, 0.5) is 0 Å². The first-order chi connectivity index (χ1) is 8.16. The predicted molar refractivity (Wildman–Crippen MR) is 69.7 cm³/mol. The summed E-state index contributed by atoms with van der Waals surface area (Å²) >= 11 is 4.13. The monoisotopic (exact) mass is 251 g/mol. The molecule has 1 aliphatic heterocycles. The standard InChI is InChI=1S/C13H17NO2S/c1-9-5-4-6-10-11(9)13(16)14(12(10)15)7-2-3-8-17/h4-6,9,11,17H,2-3,7-8H2,1H3. The van der Waals surface area contributed by atoms with Crippen LogP contribution in [0.3, 0.4) is 0 Å². The maximum atomic E-state index is 12.2. The molecule has 1 fully saturated rings. The van der Waals surface area contributed by atoms with Crippen molar-refractivity contribution in [3.8, 4) is 0 Å². The van der Waals surface area contributed by atoms with E-state index in [1.54, 1.807) is 6.08 Å². The Morgan fingerprint density at radius 3 is 2.76 bits per heavy atom. The molecule has 2 unspecified atom stereocenters. The summed E-state index contributed by atoms with van der Waals surface area (Å²) in [6.45, 7) is 2.51. The number of unbranched alkanes of at least 4 members (excludes halogenated alkanes) is 1. The number of hydrogen-bond donors (Lipinski definition) is 1. The maximum absolute atomic E-state index is 12.2. The molecule has 4 heteroatoms. The van der Waals surface area contributed by atoms with Crippen molar-refractivity contribution >= 4 is 24.4 Å². The van der Waals surface area contributed by atoms with Crippen LogP contribution < -0.4 is 0 Å². The molecule has 0 aromatic heterocycles. The van der Waals surface area contributed by atoms with Crippen molar-refractivity contribution < 1.29 is 9.59 Å². The molecule has 1 saturated heterocycles. The minimum atomic E-state index is -0.247. The average molecular weight is 251 g/mol. The first-order valence-electron chi connectivity index (χ1n) is 6.01. The van der Waals surface area contributed by atoms with Crippen LogP contribution in [-0.4, -0.2) is 29.0 Å². The molecule has 0 saturated carbocycles. The molecule has 0 bridgehead atoms. The van der Waals surface area contributed by atoms with E-state index >= 15 is 0 Å². The van der Waals surface area contributed by atoms with Gasteiger partial charge in [-0.15, -0.1) is 0 Å². The number of fused-ring (bicyclic) bond motifs is 1. The summed E-state index contributed by atoms with van der Waals surface area (Å²) in [6.07, 6.45) is 7.40. The highest BCUT2D eigenvalue weighted by Gasteiger charge is 2.45. The van der Waals surface area contributed by atoms with Gasteiger partial charge in [-0.2, -0.15) is 12.6 Å². The van der Waals surface area contributed by atoms with Gasteiger partial charge in [0.2, 0.25) is 5.91 Å². The number of hydrogen-bond acceptors (Lipinski definition) is 3. The van der Waals surface area contributed by atoms with E-state index in [1.807, 2.05) is 19.1 Å². The highest BCUT2D eigenvalue weighted by molar-refractivity contribution is 7.80. The van der Waals surface area contributed by atoms with Crippen molar-refractivity contribution in [2.45, 2.75) is 19.8 Å². The average Bonchev–Trinajstić information content (AvgIpc) is 2.55. The zero-order valence-electron chi connectivity index (χ0n) is 9.93. The van der Waals surface area contributed by atoms with Crippen LogP contribution in [0, 0.1) is 11.8 Å². The summed E-state index contributed by atoms with van der Waals surface area (Å²) < 4.78 is 0. The maximum Gasteiger partial charge on any atom is 0.257 e. The summed E-state index contributed by atoms with van der Waals surface area (Å²) in [5.74, 6) is 0.540. The van der Waals surface area contributed by atoms with Gasteiger partial charge in [0.05, 0.1) is 5.92 Å². The summed E-state index contributed by atoms with van der Waals surface area (Å²) in [7, 11) is 0. The Labute approximate surface area is 107 Å². The first kappa shape index (κ1) is 12.4. The molecule has 0 radical (unpaired) electrons. The van der Waals surface area contributed by atoms with Gasteiger partial charge < -0.3 is 0 Å². The van der Waals surface area contributed by atoms with Crippen molar-refractivity contribution in [1.82, 2.24) is 4.90 Å². The van der Waals surface area contributed by atoms with Gasteiger partial charge in [-0.1, -0.05) is 25.2 Å². The SMILES string of the molecule is CC1C=CC=C2C(=O)N(CCCCS)C(=O)C21. The number of rotatable bonds is 4. The lowest BCUT2D eigenvalue weighted by molar-refractivity contribution is -0.139. The highest BCUT2D eigenvalue weighted by Crippen LogP contribution is 2.35. The Balaban J connectivity index is 2.12. The fraction of sp³-hybridized carbons (Fsp3) is 0.538. The van der Waals surface area contributed by atoms with Crippen LogP contribution in [0.25, 0.3) is 0 Å². The van der Waals surface area contributed by atoms with Crippen LogP contribution in [0.1, 0.15) is 19.8 Å². The van der Waals surface area contributed by atoms with Gasteiger partial charge in [0.15, 0.2) is 0 Å². The number of allylic oxidation sites excluding steroid dienone is 3. The number of amides is 2. The van der Waals surface area contributed by atoms with Crippen LogP contribution in [0.2, 0.25) is 0 Å². The molecular weight excluding hydrogens is 234 g/mol. The molecular formula is C13H17NO2S. The molecule has 2 atom stereocenters. The summed E-state index contributed by atoms with van der Waals surface area (Å²) in [4.78, 5) is 25.6. The van der Waals surface area contributed by atoms with Crippen molar-refractivity contribution in [3.05, 3.63) is 23.8 Å². The minimum absolute atomic E-state index is 0.0303. The van der Waals surface area contributed by atoms with Crippen LogP contribution in [0.15, 0.2) is 23.8 Å². The van der Waals surface area contributed by atoms with Crippen molar-refractivity contribution in [2.24, 2.45) is 11.8 Å². The molecule has 1 aliphatic carbocycles. The molecule has 17 heavy (non-hydrogen) atoms. The van der Waals surface area contributed by atoms with Crippen LogP contribution >= 0.6 is 12.6 Å². The Kier molecular flexibility index (Phi) is 3.72. The van der Waals surface area contributed by atoms with E-state index < -0.39 is 0 Å². The third kappa shape index (κ3) is 2.18. The topological polar surface area (TPSA) is 37.4 Å². The number of imide groups is 1. The van der Waals surface area contributed by atoms with Crippen molar-refractivity contribution in [2.75, 3.05) is 12.3 Å². The Morgan fingerprint density at radius 2 is 2.12 bits per heavy atom. The predicted octanol–water partition coefficient (Wildman–Crippen LogP) is 1.81. The van der Waals surface area contributed by atoms with E-state index in [1.165, 1.54) is 4.90 Å². The number of carbonyl (C=O) groups is 2. The second-order valence-corrected chi connectivity index (χ2v) is 5.02. The highest BCUT2D eigenvalue weighted by atomic mass is 32.1. The van der Waals surface area contributed by atoms with Gasteiger partial charge in [0.1, 0.15) is 0 Å². The summed E-state index contributed by atoms with van der Waals surface area (Å²) in [6, 6.07) is 0. The fourth-order valence-electron chi connectivity index (χ4n) is 2.41. The van der Waals surface area contributed by atoms with Crippen LogP contribution in [-0.2, 0) is 9.59 Å². The molecule has 92 valence electrons. The van der Waals surface area contributed by atoms with E-state index in [2.05, 4.69) is 12.6 Å². The largest absolute Gasteiger partial charge is 0.278 e. The quantitative estimate of drug-likeness (QED) is 0.470. The minimum Gasteiger partial charge on any atom is -0.278 e. The van der Waals surface area contributed by atoms with Crippen molar-refractivity contribution in [3.63, 3.8) is 0 Å². The number of likely N-dealkylation sites (tertiary alicyclic amines) is 1. The van der Waals surface area contributed by atoms with Gasteiger partial charge in [0, 0.05) is 12.1 Å². The molecule has 2 rings (SSSR count). The Bertz CT molecular complexity index is 400. The lowest BCUT2D eigenvalue weighted by atomic mass is 9.85. The first-order valence-corrected chi connectivity index (χ1v) is 6.65. The molecule has 0 aromatic rings. The molecule has 0 N–H and O–H groups in total. The number of thiol groups is 1. The molecule has 2 aliphatic rings. The van der Waals surface area contributed by atoms with Gasteiger partial charge in [-0.05, 0) is 24.5 Å². The van der Waals surface area contributed by atoms with Gasteiger partial charge in [-0.3, -0.25) is 14.5 Å². The van der Waals surface area contributed by atoms with Gasteiger partial charge in [0.25, 0.3) is 5.91 Å².